The van der Waals surface area contributed by atoms with Gasteiger partial charge in [-0.15, -0.1) is 11.3 Å². The standard InChI is InChI=1S/C15H15NO3S/c1-2-9-19-15(18)13-8-7-12(20-13)14(17)10-5-3-4-6-11(10)16/h3-8H,2,9,16H2,1H3. The quantitative estimate of drug-likeness (QED) is 0.521. The molecule has 0 unspecified atom stereocenters. The molecular formula is C15H15NO3S. The third-order valence-corrected chi connectivity index (χ3v) is 3.74. The molecule has 4 nitrogen and oxygen atoms in total. The lowest BCUT2D eigenvalue weighted by atomic mass is 10.1. The van der Waals surface area contributed by atoms with E-state index >= 15 is 0 Å². The van der Waals surface area contributed by atoms with Gasteiger partial charge in [-0.3, -0.25) is 4.79 Å². The van der Waals surface area contributed by atoms with Gasteiger partial charge in [-0.25, -0.2) is 4.79 Å². The van der Waals surface area contributed by atoms with Crippen LogP contribution in [0.2, 0.25) is 0 Å². The van der Waals surface area contributed by atoms with Crippen molar-refractivity contribution in [1.82, 2.24) is 0 Å². The van der Waals surface area contributed by atoms with Crippen LogP contribution in [0.3, 0.4) is 0 Å². The summed E-state index contributed by atoms with van der Waals surface area (Å²) in [6.07, 6.45) is 0.767. The maximum absolute atomic E-state index is 12.3. The van der Waals surface area contributed by atoms with Crippen LogP contribution >= 0.6 is 11.3 Å². The van der Waals surface area contributed by atoms with Crippen LogP contribution in [0.5, 0.6) is 0 Å². The average molecular weight is 289 g/mol. The normalized spacial score (nSPS) is 10.2. The van der Waals surface area contributed by atoms with Crippen LogP contribution in [0.15, 0.2) is 36.4 Å². The molecular weight excluding hydrogens is 274 g/mol. The van der Waals surface area contributed by atoms with Crippen molar-refractivity contribution in [3.8, 4) is 0 Å². The van der Waals surface area contributed by atoms with E-state index in [1.807, 2.05) is 6.92 Å². The Labute approximate surface area is 121 Å². The molecule has 0 aliphatic rings. The summed E-state index contributed by atoms with van der Waals surface area (Å²) in [6.45, 7) is 2.31. The van der Waals surface area contributed by atoms with Crippen molar-refractivity contribution in [1.29, 1.82) is 0 Å². The fraction of sp³-hybridized carbons (Fsp3) is 0.200. The van der Waals surface area contributed by atoms with Gasteiger partial charge in [0.2, 0.25) is 5.78 Å². The summed E-state index contributed by atoms with van der Waals surface area (Å²) in [4.78, 5) is 24.9. The van der Waals surface area contributed by atoms with E-state index in [9.17, 15) is 9.59 Å². The molecule has 0 bridgehead atoms. The molecule has 20 heavy (non-hydrogen) atoms. The zero-order valence-electron chi connectivity index (χ0n) is 11.1. The van der Waals surface area contributed by atoms with Crippen molar-refractivity contribution < 1.29 is 14.3 Å². The van der Waals surface area contributed by atoms with E-state index in [2.05, 4.69) is 0 Å². The molecule has 1 aromatic heterocycles. The highest BCUT2D eigenvalue weighted by molar-refractivity contribution is 7.16. The van der Waals surface area contributed by atoms with Gasteiger partial charge in [-0.1, -0.05) is 19.1 Å². The lowest BCUT2D eigenvalue weighted by molar-refractivity contribution is 0.0511. The number of rotatable bonds is 5. The number of ether oxygens (including phenoxy) is 1. The molecule has 2 N–H and O–H groups in total. The van der Waals surface area contributed by atoms with Crippen LogP contribution in [0, 0.1) is 0 Å². The number of ketones is 1. The van der Waals surface area contributed by atoms with Crippen LogP contribution < -0.4 is 5.73 Å². The van der Waals surface area contributed by atoms with E-state index in [4.69, 9.17) is 10.5 Å². The predicted octanol–water partition coefficient (Wildman–Crippen LogP) is 3.13. The fourth-order valence-electron chi connectivity index (χ4n) is 1.67. The summed E-state index contributed by atoms with van der Waals surface area (Å²) in [7, 11) is 0. The molecule has 0 saturated heterocycles. The topological polar surface area (TPSA) is 69.4 Å². The van der Waals surface area contributed by atoms with Gasteiger partial charge >= 0.3 is 5.97 Å². The lowest BCUT2D eigenvalue weighted by Gasteiger charge is -2.02. The van der Waals surface area contributed by atoms with Crippen molar-refractivity contribution in [2.45, 2.75) is 13.3 Å². The highest BCUT2D eigenvalue weighted by atomic mass is 32.1. The molecule has 2 rings (SSSR count). The number of hydrogen-bond acceptors (Lipinski definition) is 5. The summed E-state index contributed by atoms with van der Waals surface area (Å²) in [5.41, 5.74) is 6.66. The number of carbonyl (C=O) groups excluding carboxylic acids is 2. The molecule has 0 amide bonds. The van der Waals surface area contributed by atoms with Crippen LogP contribution in [-0.2, 0) is 4.74 Å². The monoisotopic (exact) mass is 289 g/mol. The molecule has 1 aromatic carbocycles. The van der Waals surface area contributed by atoms with Gasteiger partial charge in [0.25, 0.3) is 0 Å². The maximum atomic E-state index is 12.3. The van der Waals surface area contributed by atoms with Crippen molar-refractivity contribution in [2.24, 2.45) is 0 Å². The Balaban J connectivity index is 2.19. The highest BCUT2D eigenvalue weighted by Crippen LogP contribution is 2.23. The first-order chi connectivity index (χ1) is 9.63. The van der Waals surface area contributed by atoms with Crippen LogP contribution in [0.25, 0.3) is 0 Å². The van der Waals surface area contributed by atoms with Gasteiger partial charge in [0.05, 0.1) is 11.5 Å². The smallest absolute Gasteiger partial charge is 0.348 e. The molecule has 0 aliphatic carbocycles. The molecule has 104 valence electrons. The molecule has 0 atom stereocenters. The van der Waals surface area contributed by atoms with Crippen LogP contribution in [0.1, 0.15) is 38.3 Å². The van der Waals surface area contributed by atoms with E-state index in [1.165, 1.54) is 0 Å². The molecule has 1 heterocycles. The minimum atomic E-state index is -0.392. The molecule has 0 radical (unpaired) electrons. The van der Waals surface area contributed by atoms with Gasteiger partial charge in [0.15, 0.2) is 0 Å². The number of thiophene rings is 1. The number of nitrogen functional groups attached to an aromatic ring is 1. The zero-order chi connectivity index (χ0) is 14.5. The van der Waals surface area contributed by atoms with Crippen LogP contribution in [0.4, 0.5) is 5.69 Å². The first-order valence-electron chi connectivity index (χ1n) is 6.29. The number of esters is 1. The average Bonchev–Trinajstić information content (AvgIpc) is 2.94. The van der Waals surface area contributed by atoms with Crippen molar-refractivity contribution in [3.05, 3.63) is 51.7 Å². The third-order valence-electron chi connectivity index (χ3n) is 2.67. The number of benzene rings is 1. The molecule has 0 fully saturated rings. The Morgan fingerprint density at radius 2 is 1.85 bits per heavy atom. The van der Waals surface area contributed by atoms with E-state index < -0.39 is 5.97 Å². The van der Waals surface area contributed by atoms with Gasteiger partial charge in [-0.05, 0) is 30.7 Å². The second-order valence-electron chi connectivity index (χ2n) is 4.22. The summed E-state index contributed by atoms with van der Waals surface area (Å²) >= 11 is 1.12. The number of carbonyl (C=O) groups is 2. The van der Waals surface area contributed by atoms with Crippen LogP contribution in [-0.4, -0.2) is 18.4 Å². The van der Waals surface area contributed by atoms with Gasteiger partial charge in [0.1, 0.15) is 4.88 Å². The van der Waals surface area contributed by atoms with Crippen molar-refractivity contribution in [2.75, 3.05) is 12.3 Å². The lowest BCUT2D eigenvalue weighted by Crippen LogP contribution is -2.04. The molecule has 5 heteroatoms. The van der Waals surface area contributed by atoms with E-state index in [0.29, 0.717) is 27.6 Å². The number of para-hydroxylation sites is 1. The predicted molar refractivity (Wildman–Crippen MR) is 79.2 cm³/mol. The highest BCUT2D eigenvalue weighted by Gasteiger charge is 2.17. The van der Waals surface area contributed by atoms with Gasteiger partial charge < -0.3 is 10.5 Å². The fourth-order valence-corrected chi connectivity index (χ4v) is 2.53. The first-order valence-corrected chi connectivity index (χ1v) is 7.11. The summed E-state index contributed by atoms with van der Waals surface area (Å²) in [6, 6.07) is 10.1. The largest absolute Gasteiger partial charge is 0.462 e. The van der Waals surface area contributed by atoms with E-state index in [1.54, 1.807) is 36.4 Å². The Bertz CT molecular complexity index is 634. The summed E-state index contributed by atoms with van der Waals surface area (Å²) in [5, 5.41) is 0. The Kier molecular flexibility index (Phi) is 4.53. The molecule has 2 aromatic rings. The molecule has 0 aliphatic heterocycles. The number of nitrogens with two attached hydrogens (primary N) is 1. The molecule has 0 spiro atoms. The third kappa shape index (κ3) is 3.05. The minimum Gasteiger partial charge on any atom is -0.462 e. The Morgan fingerprint density at radius 1 is 1.15 bits per heavy atom. The summed E-state index contributed by atoms with van der Waals surface area (Å²) < 4.78 is 5.04. The van der Waals surface area contributed by atoms with E-state index in [-0.39, 0.29) is 5.78 Å². The van der Waals surface area contributed by atoms with Crippen molar-refractivity contribution in [3.63, 3.8) is 0 Å². The second-order valence-corrected chi connectivity index (χ2v) is 5.30. The second kappa shape index (κ2) is 6.34. The maximum Gasteiger partial charge on any atom is 0.348 e. The number of anilines is 1. The minimum absolute atomic E-state index is 0.178. The molecule has 0 saturated carbocycles. The SMILES string of the molecule is CCCOC(=O)c1ccc(C(=O)c2ccccc2N)s1. The van der Waals surface area contributed by atoms with Gasteiger partial charge in [-0.2, -0.15) is 0 Å². The summed E-state index contributed by atoms with van der Waals surface area (Å²) in [5.74, 6) is -0.570. The number of hydrogen-bond donors (Lipinski definition) is 1. The first kappa shape index (κ1) is 14.3. The zero-order valence-corrected chi connectivity index (χ0v) is 11.9. The Morgan fingerprint density at radius 3 is 2.55 bits per heavy atom. The van der Waals surface area contributed by atoms with Gasteiger partial charge in [0, 0.05) is 11.3 Å². The van der Waals surface area contributed by atoms with Crippen molar-refractivity contribution >= 4 is 28.8 Å². The van der Waals surface area contributed by atoms with E-state index in [0.717, 1.165) is 17.8 Å². The Hall–Kier alpha value is -2.14.